The van der Waals surface area contributed by atoms with Gasteiger partial charge in [0, 0.05) is 6.42 Å². The van der Waals surface area contributed by atoms with Gasteiger partial charge in [0.1, 0.15) is 12.6 Å². The Morgan fingerprint density at radius 3 is 1.95 bits per heavy atom. The van der Waals surface area contributed by atoms with Gasteiger partial charge in [-0.15, -0.1) is 0 Å². The second-order valence-electron chi connectivity index (χ2n) is 9.04. The van der Waals surface area contributed by atoms with Crippen molar-refractivity contribution in [1.29, 1.82) is 0 Å². The third kappa shape index (κ3) is 9.51. The molecule has 2 rings (SSSR count). The van der Waals surface area contributed by atoms with E-state index in [0.29, 0.717) is 5.56 Å². The van der Waals surface area contributed by atoms with Crippen LogP contribution in [0, 0.1) is 17.8 Å². The molecule has 2 N–H and O–H groups in total. The van der Waals surface area contributed by atoms with Gasteiger partial charge in [-0.3, -0.25) is 24.0 Å². The first-order valence-electron chi connectivity index (χ1n) is 12.0. The highest BCUT2D eigenvalue weighted by Gasteiger charge is 2.33. The highest BCUT2D eigenvalue weighted by molar-refractivity contribution is 5.94. The summed E-state index contributed by atoms with van der Waals surface area (Å²) >= 11 is 0. The average Bonchev–Trinajstić information content (AvgIpc) is 2.89. The number of aliphatic carboxylic acids is 1. The number of amides is 1. The van der Waals surface area contributed by atoms with E-state index in [4.69, 9.17) is 4.74 Å². The van der Waals surface area contributed by atoms with Crippen molar-refractivity contribution in [2.24, 2.45) is 17.8 Å². The first-order chi connectivity index (χ1) is 17.6. The summed E-state index contributed by atoms with van der Waals surface area (Å²) < 4.78 is 9.94. The largest absolute Gasteiger partial charge is 0.481 e. The molecule has 0 fully saturated rings. The Labute approximate surface area is 216 Å². The van der Waals surface area contributed by atoms with Crippen molar-refractivity contribution >= 4 is 29.6 Å². The van der Waals surface area contributed by atoms with Crippen LogP contribution in [0.15, 0.2) is 60.7 Å². The maximum atomic E-state index is 13.3. The molecular formula is C28H33NO8. The summed E-state index contributed by atoms with van der Waals surface area (Å²) in [5.74, 6) is -6.12. The lowest BCUT2D eigenvalue weighted by Gasteiger charge is -2.24. The van der Waals surface area contributed by atoms with Gasteiger partial charge in [-0.05, 0) is 17.0 Å². The van der Waals surface area contributed by atoms with Gasteiger partial charge >= 0.3 is 17.9 Å². The molecule has 0 radical (unpaired) electrons. The number of methoxy groups -OCH3 is 1. The molecule has 0 spiro atoms. The Balaban J connectivity index is 2.21. The predicted octanol–water partition coefficient (Wildman–Crippen LogP) is 3.47. The van der Waals surface area contributed by atoms with E-state index in [2.05, 4.69) is 10.1 Å². The normalized spacial score (nSPS) is 13.2. The molecule has 0 unspecified atom stereocenters. The van der Waals surface area contributed by atoms with Crippen LogP contribution in [0.5, 0.6) is 0 Å². The summed E-state index contributed by atoms with van der Waals surface area (Å²) in [6.45, 7) is 3.41. The molecule has 3 atom stereocenters. The summed E-state index contributed by atoms with van der Waals surface area (Å²) in [7, 11) is 1.17. The molecular weight excluding hydrogens is 478 g/mol. The van der Waals surface area contributed by atoms with Crippen molar-refractivity contribution in [3.8, 4) is 0 Å². The summed E-state index contributed by atoms with van der Waals surface area (Å²) in [6.07, 6.45) is -1.11. The van der Waals surface area contributed by atoms with Crippen LogP contribution in [0.1, 0.15) is 50.3 Å². The van der Waals surface area contributed by atoms with Crippen LogP contribution in [-0.2, 0) is 40.1 Å². The van der Waals surface area contributed by atoms with Crippen molar-refractivity contribution in [1.82, 2.24) is 5.32 Å². The van der Waals surface area contributed by atoms with Crippen LogP contribution < -0.4 is 5.32 Å². The van der Waals surface area contributed by atoms with Gasteiger partial charge < -0.3 is 19.9 Å². The van der Waals surface area contributed by atoms with Crippen molar-refractivity contribution < 1.29 is 38.6 Å². The molecule has 9 heteroatoms. The monoisotopic (exact) mass is 511 g/mol. The molecule has 0 saturated carbocycles. The van der Waals surface area contributed by atoms with Crippen molar-refractivity contribution in [3.63, 3.8) is 0 Å². The van der Waals surface area contributed by atoms with Gasteiger partial charge in [-0.1, -0.05) is 74.5 Å². The number of rotatable bonds is 14. The Morgan fingerprint density at radius 1 is 0.838 bits per heavy atom. The number of hydrogen-bond acceptors (Lipinski definition) is 7. The molecule has 9 nitrogen and oxygen atoms in total. The van der Waals surface area contributed by atoms with Gasteiger partial charge in [0.25, 0.3) is 0 Å². The minimum Gasteiger partial charge on any atom is -0.481 e. The predicted molar refractivity (Wildman–Crippen MR) is 134 cm³/mol. The SMILES string of the molecule is COC(=O)C[C@H](CC(=O)OCc1ccccc1)C(=O)N[C@H](C(=O)C[C@H](C(=O)O)C(C)C)c1ccccc1. The van der Waals surface area contributed by atoms with E-state index in [1.807, 2.05) is 6.07 Å². The number of hydrogen-bond donors (Lipinski definition) is 2. The highest BCUT2D eigenvalue weighted by atomic mass is 16.5. The van der Waals surface area contributed by atoms with Crippen molar-refractivity contribution in [2.45, 2.75) is 45.8 Å². The smallest absolute Gasteiger partial charge is 0.307 e. The number of ketones is 1. The van der Waals surface area contributed by atoms with E-state index in [-0.39, 0.29) is 18.9 Å². The maximum absolute atomic E-state index is 13.3. The molecule has 0 saturated heterocycles. The van der Waals surface area contributed by atoms with Gasteiger partial charge in [-0.2, -0.15) is 0 Å². The van der Waals surface area contributed by atoms with Gasteiger partial charge in [0.2, 0.25) is 5.91 Å². The third-order valence-electron chi connectivity index (χ3n) is 5.95. The fourth-order valence-corrected chi connectivity index (χ4v) is 3.74. The number of Topliss-reactive ketones (excluding diaryl/α,β-unsaturated/α-hetero) is 1. The van der Waals surface area contributed by atoms with E-state index >= 15 is 0 Å². The Hall–Kier alpha value is -4.01. The van der Waals surface area contributed by atoms with Gasteiger partial charge in [0.05, 0.1) is 31.8 Å². The highest BCUT2D eigenvalue weighted by Crippen LogP contribution is 2.24. The lowest BCUT2D eigenvalue weighted by Crippen LogP contribution is -2.40. The van der Waals surface area contributed by atoms with Crippen LogP contribution in [0.4, 0.5) is 0 Å². The fourth-order valence-electron chi connectivity index (χ4n) is 3.74. The van der Waals surface area contributed by atoms with Crippen LogP contribution in [0.25, 0.3) is 0 Å². The van der Waals surface area contributed by atoms with Crippen LogP contribution in [-0.4, -0.2) is 41.8 Å². The number of carboxylic acids is 1. The number of carbonyl (C=O) groups excluding carboxylic acids is 4. The Kier molecular flexibility index (Phi) is 11.5. The molecule has 2 aromatic rings. The topological polar surface area (TPSA) is 136 Å². The number of ether oxygens (including phenoxy) is 2. The molecule has 2 aromatic carbocycles. The second-order valence-corrected chi connectivity index (χ2v) is 9.04. The average molecular weight is 512 g/mol. The molecule has 0 aromatic heterocycles. The zero-order valence-electron chi connectivity index (χ0n) is 21.2. The molecule has 1 amide bonds. The number of carboxylic acid groups (broad SMARTS) is 1. The van der Waals surface area contributed by atoms with E-state index in [0.717, 1.165) is 5.56 Å². The number of nitrogens with one attached hydrogen (secondary N) is 1. The van der Waals surface area contributed by atoms with E-state index in [1.54, 1.807) is 68.4 Å². The number of benzene rings is 2. The standard InChI is InChI=1S/C28H33NO8/c1-18(2)22(28(34)35)16-23(30)26(20-12-8-5-9-13-20)29-27(33)21(14-24(31)36-3)15-25(32)37-17-19-10-6-4-7-11-19/h4-13,18,21-22,26H,14-17H2,1-3H3,(H,29,33)(H,34,35)/t21-,22+,26+/m1/s1. The first-order valence-corrected chi connectivity index (χ1v) is 12.0. The van der Waals surface area contributed by atoms with Crippen LogP contribution in [0.2, 0.25) is 0 Å². The first kappa shape index (κ1) is 29.2. The summed E-state index contributed by atoms with van der Waals surface area (Å²) in [4.78, 5) is 62.6. The van der Waals surface area contributed by atoms with E-state index in [9.17, 15) is 29.1 Å². The van der Waals surface area contributed by atoms with Crippen LogP contribution in [0.3, 0.4) is 0 Å². The second kappa shape index (κ2) is 14.5. The maximum Gasteiger partial charge on any atom is 0.307 e. The molecule has 0 aliphatic carbocycles. The lowest BCUT2D eigenvalue weighted by molar-refractivity contribution is -0.151. The molecule has 0 bridgehead atoms. The zero-order valence-corrected chi connectivity index (χ0v) is 21.2. The Bertz CT molecular complexity index is 1070. The number of carbonyl (C=O) groups is 5. The van der Waals surface area contributed by atoms with E-state index < -0.39 is 60.3 Å². The molecule has 0 aliphatic heterocycles. The summed E-state index contributed by atoms with van der Waals surface area (Å²) in [5, 5.41) is 12.2. The molecule has 37 heavy (non-hydrogen) atoms. The Morgan fingerprint density at radius 2 is 1.41 bits per heavy atom. The zero-order chi connectivity index (χ0) is 27.4. The minimum atomic E-state index is -1.16. The third-order valence-corrected chi connectivity index (χ3v) is 5.95. The van der Waals surface area contributed by atoms with Gasteiger partial charge in [-0.25, -0.2) is 0 Å². The molecule has 0 aliphatic rings. The van der Waals surface area contributed by atoms with Crippen LogP contribution >= 0.6 is 0 Å². The molecule has 0 heterocycles. The van der Waals surface area contributed by atoms with Crippen molar-refractivity contribution in [3.05, 3.63) is 71.8 Å². The number of esters is 2. The molecule has 198 valence electrons. The van der Waals surface area contributed by atoms with E-state index in [1.165, 1.54) is 7.11 Å². The lowest BCUT2D eigenvalue weighted by atomic mass is 9.87. The minimum absolute atomic E-state index is 0.00312. The van der Waals surface area contributed by atoms with Crippen molar-refractivity contribution in [2.75, 3.05) is 7.11 Å². The van der Waals surface area contributed by atoms with Gasteiger partial charge in [0.15, 0.2) is 5.78 Å². The fraction of sp³-hybridized carbons (Fsp3) is 0.393. The summed E-state index contributed by atoms with van der Waals surface area (Å²) in [5.41, 5.74) is 1.22. The quantitative estimate of drug-likeness (QED) is 0.368. The summed E-state index contributed by atoms with van der Waals surface area (Å²) in [6, 6.07) is 16.2.